The van der Waals surface area contributed by atoms with Gasteiger partial charge in [0.05, 0.1) is 10.6 Å². The van der Waals surface area contributed by atoms with Crippen molar-refractivity contribution in [3.8, 4) is 0 Å². The molecule has 1 rings (SSSR count). The van der Waals surface area contributed by atoms with E-state index in [4.69, 9.17) is 4.55 Å². The highest BCUT2D eigenvalue weighted by atomic mass is 32.2. The molecule has 2 N–H and O–H groups in total. The summed E-state index contributed by atoms with van der Waals surface area (Å²) in [6.07, 6.45) is 0. The second kappa shape index (κ2) is 3.60. The Bertz CT molecular complexity index is 455. The predicted octanol–water partition coefficient (Wildman–Crippen LogP) is 0.809. The number of benzene rings is 1. The quantitative estimate of drug-likeness (QED) is 0.443. The van der Waals surface area contributed by atoms with Crippen LogP contribution in [0.25, 0.3) is 0 Å². The molecule has 0 aromatic heterocycles. The number of hydrogen-bond acceptors (Lipinski definition) is 4. The van der Waals surface area contributed by atoms with Gasteiger partial charge < -0.3 is 0 Å². The molecule has 0 radical (unpaired) electrons. The summed E-state index contributed by atoms with van der Waals surface area (Å²) in [6.45, 7) is 0. The Hall–Kier alpha value is -1.67. The van der Waals surface area contributed by atoms with Crippen LogP contribution in [0.5, 0.6) is 0 Å². The Balaban J connectivity index is 3.01. The summed E-state index contributed by atoms with van der Waals surface area (Å²) < 4.78 is 30.8. The van der Waals surface area contributed by atoms with Crippen LogP contribution in [-0.4, -0.2) is 17.9 Å². The van der Waals surface area contributed by atoms with Crippen molar-refractivity contribution in [1.82, 2.24) is 0 Å². The highest BCUT2D eigenvalue weighted by molar-refractivity contribution is 7.87. The zero-order chi connectivity index (χ0) is 10.8. The number of hydrogen-bond donors (Lipinski definition) is 2. The maximum absolute atomic E-state index is 10.4. The lowest BCUT2D eigenvalue weighted by molar-refractivity contribution is -0.384. The van der Waals surface area contributed by atoms with Crippen LogP contribution in [0, 0.1) is 10.1 Å². The van der Waals surface area contributed by atoms with Gasteiger partial charge in [-0.25, -0.2) is 0 Å². The van der Waals surface area contributed by atoms with Crippen molar-refractivity contribution in [3.05, 3.63) is 34.4 Å². The molecular weight excluding hydrogens is 212 g/mol. The summed E-state index contributed by atoms with van der Waals surface area (Å²) >= 11 is 0. The smallest absolute Gasteiger partial charge is 0.269 e. The lowest BCUT2D eigenvalue weighted by atomic mass is 10.3. The Kier molecular flexibility index (Phi) is 2.68. The molecule has 1 aromatic rings. The van der Waals surface area contributed by atoms with E-state index in [1.54, 1.807) is 4.72 Å². The standard InChI is InChI=1S/C6H6N2O5S/c9-8(10)6-3-1-2-5(4-6)7-14(11,12)13/h1-4,7H,(H,11,12,13). The Morgan fingerprint density at radius 2 is 2.07 bits per heavy atom. The van der Waals surface area contributed by atoms with E-state index in [1.165, 1.54) is 18.2 Å². The van der Waals surface area contributed by atoms with Gasteiger partial charge in [0.1, 0.15) is 0 Å². The van der Waals surface area contributed by atoms with Gasteiger partial charge in [-0.05, 0) is 6.07 Å². The summed E-state index contributed by atoms with van der Waals surface area (Å²) in [4.78, 5) is 9.61. The number of rotatable bonds is 3. The van der Waals surface area contributed by atoms with Gasteiger partial charge in [0.2, 0.25) is 0 Å². The number of nitro benzene ring substituents is 1. The summed E-state index contributed by atoms with van der Waals surface area (Å²) in [5.74, 6) is 0. The normalized spacial score (nSPS) is 10.9. The molecule has 14 heavy (non-hydrogen) atoms. The van der Waals surface area contributed by atoms with Crippen LogP contribution in [0.2, 0.25) is 0 Å². The zero-order valence-electron chi connectivity index (χ0n) is 6.75. The highest BCUT2D eigenvalue weighted by Gasteiger charge is 2.08. The molecule has 1 aromatic carbocycles. The molecule has 0 aliphatic heterocycles. The average molecular weight is 218 g/mol. The molecule has 8 heteroatoms. The number of non-ortho nitro benzene ring substituents is 1. The fourth-order valence-corrected chi connectivity index (χ4v) is 1.26. The summed E-state index contributed by atoms with van der Waals surface area (Å²) in [7, 11) is -4.39. The van der Waals surface area contributed by atoms with Crippen molar-refractivity contribution in [3.63, 3.8) is 0 Å². The fraction of sp³-hybridized carbons (Fsp3) is 0. The highest BCUT2D eigenvalue weighted by Crippen LogP contribution is 2.17. The molecule has 0 fully saturated rings. The first kappa shape index (κ1) is 10.4. The number of nitro groups is 1. The molecule has 0 atom stereocenters. The van der Waals surface area contributed by atoms with Gasteiger partial charge in [-0.2, -0.15) is 8.42 Å². The zero-order valence-corrected chi connectivity index (χ0v) is 7.56. The monoisotopic (exact) mass is 218 g/mol. The van der Waals surface area contributed by atoms with E-state index in [-0.39, 0.29) is 11.4 Å². The van der Waals surface area contributed by atoms with Crippen molar-refractivity contribution in [2.45, 2.75) is 0 Å². The van der Waals surface area contributed by atoms with Gasteiger partial charge in [0, 0.05) is 12.1 Å². The number of anilines is 1. The molecule has 7 nitrogen and oxygen atoms in total. The molecule has 0 aliphatic rings. The lowest BCUT2D eigenvalue weighted by Crippen LogP contribution is -2.10. The molecule has 0 heterocycles. The second-order valence-corrected chi connectivity index (χ2v) is 3.54. The van der Waals surface area contributed by atoms with Gasteiger partial charge in [-0.3, -0.25) is 19.4 Å². The summed E-state index contributed by atoms with van der Waals surface area (Å²) in [6, 6.07) is 4.77. The lowest BCUT2D eigenvalue weighted by Gasteiger charge is -2.00. The van der Waals surface area contributed by atoms with E-state index in [0.29, 0.717) is 0 Å². The van der Waals surface area contributed by atoms with E-state index in [9.17, 15) is 18.5 Å². The van der Waals surface area contributed by atoms with Gasteiger partial charge in [-0.15, -0.1) is 0 Å². The van der Waals surface area contributed by atoms with Gasteiger partial charge in [-0.1, -0.05) is 6.07 Å². The molecule has 0 unspecified atom stereocenters. The molecular formula is C6H6N2O5S. The van der Waals surface area contributed by atoms with Crippen LogP contribution in [0.4, 0.5) is 11.4 Å². The topological polar surface area (TPSA) is 110 Å². The van der Waals surface area contributed by atoms with Gasteiger partial charge >= 0.3 is 10.3 Å². The van der Waals surface area contributed by atoms with Crippen molar-refractivity contribution in [2.24, 2.45) is 0 Å². The Labute approximate surface area is 79.4 Å². The number of nitrogens with zero attached hydrogens (tertiary/aromatic N) is 1. The minimum atomic E-state index is -4.39. The summed E-state index contributed by atoms with van der Waals surface area (Å²) in [5, 5.41) is 10.3. The molecule has 0 spiro atoms. The minimum absolute atomic E-state index is 0.0679. The third-order valence-electron chi connectivity index (χ3n) is 1.30. The first-order valence-corrected chi connectivity index (χ1v) is 4.82. The molecule has 76 valence electrons. The average Bonchev–Trinajstić information content (AvgIpc) is 2.01. The van der Waals surface area contributed by atoms with E-state index in [2.05, 4.69) is 0 Å². The van der Waals surface area contributed by atoms with E-state index in [0.717, 1.165) is 6.07 Å². The third kappa shape index (κ3) is 2.99. The van der Waals surface area contributed by atoms with Gasteiger partial charge in [0.25, 0.3) is 5.69 Å². The molecule has 0 aliphatic carbocycles. The maximum atomic E-state index is 10.4. The van der Waals surface area contributed by atoms with Crippen LogP contribution in [-0.2, 0) is 10.3 Å². The Morgan fingerprint density at radius 1 is 1.43 bits per heavy atom. The molecule has 0 bridgehead atoms. The first-order chi connectivity index (χ1) is 6.38. The van der Waals surface area contributed by atoms with Crippen LogP contribution in [0.1, 0.15) is 0 Å². The Morgan fingerprint density at radius 3 is 2.57 bits per heavy atom. The molecule has 0 saturated carbocycles. The second-order valence-electron chi connectivity index (χ2n) is 2.38. The minimum Gasteiger partial charge on any atom is -0.269 e. The summed E-state index contributed by atoms with van der Waals surface area (Å²) in [5.41, 5.74) is -0.333. The SMILES string of the molecule is O=[N+]([O-])c1cccc(NS(=O)(=O)O)c1. The van der Waals surface area contributed by atoms with Crippen LogP contribution >= 0.6 is 0 Å². The number of nitrogens with one attached hydrogen (secondary N) is 1. The fourth-order valence-electron chi connectivity index (χ4n) is 0.832. The van der Waals surface area contributed by atoms with Crippen LogP contribution < -0.4 is 4.72 Å². The predicted molar refractivity (Wildman–Crippen MR) is 48.3 cm³/mol. The third-order valence-corrected chi connectivity index (χ3v) is 1.80. The maximum Gasteiger partial charge on any atom is 0.357 e. The van der Waals surface area contributed by atoms with Gasteiger partial charge in [0.15, 0.2) is 0 Å². The largest absolute Gasteiger partial charge is 0.357 e. The van der Waals surface area contributed by atoms with E-state index in [1.807, 2.05) is 0 Å². The first-order valence-electron chi connectivity index (χ1n) is 3.38. The van der Waals surface area contributed by atoms with Crippen molar-refractivity contribution in [2.75, 3.05) is 4.72 Å². The van der Waals surface area contributed by atoms with E-state index >= 15 is 0 Å². The van der Waals surface area contributed by atoms with Crippen molar-refractivity contribution >= 4 is 21.7 Å². The molecule has 0 amide bonds. The van der Waals surface area contributed by atoms with Crippen LogP contribution in [0.15, 0.2) is 24.3 Å². The van der Waals surface area contributed by atoms with E-state index < -0.39 is 15.2 Å². The van der Waals surface area contributed by atoms with Crippen LogP contribution in [0.3, 0.4) is 0 Å². The van der Waals surface area contributed by atoms with Crippen molar-refractivity contribution in [1.29, 1.82) is 0 Å². The molecule has 0 saturated heterocycles. The van der Waals surface area contributed by atoms with Crippen molar-refractivity contribution < 1.29 is 17.9 Å².